The summed E-state index contributed by atoms with van der Waals surface area (Å²) in [4.78, 5) is 14.8. The lowest BCUT2D eigenvalue weighted by molar-refractivity contribution is 0.0928. The summed E-state index contributed by atoms with van der Waals surface area (Å²) in [6.45, 7) is 11.5. The van der Waals surface area contributed by atoms with Gasteiger partial charge >= 0.3 is 0 Å². The maximum Gasteiger partial charge on any atom is 0.251 e. The topological polar surface area (TPSA) is 50.8 Å². The minimum atomic E-state index is -0.0761. The first-order valence-corrected chi connectivity index (χ1v) is 11.1. The number of rotatable bonds is 15. The summed E-state index contributed by atoms with van der Waals surface area (Å²) in [5.74, 6) is 1.31. The van der Waals surface area contributed by atoms with Gasteiger partial charge in [0.05, 0.1) is 13.2 Å². The van der Waals surface area contributed by atoms with Crippen LogP contribution >= 0.6 is 0 Å². The summed E-state index contributed by atoms with van der Waals surface area (Å²) < 4.78 is 11.9. The van der Waals surface area contributed by atoms with Crippen LogP contribution in [0.2, 0.25) is 0 Å². The maximum absolute atomic E-state index is 12.7. The molecule has 1 N–H and O–H groups in total. The zero-order valence-electron chi connectivity index (χ0n) is 19.5. The van der Waals surface area contributed by atoms with Crippen molar-refractivity contribution in [3.63, 3.8) is 0 Å². The molecule has 0 radical (unpaired) electrons. The van der Waals surface area contributed by atoms with Crippen molar-refractivity contribution in [2.24, 2.45) is 5.41 Å². The molecule has 1 rings (SSSR count). The van der Waals surface area contributed by atoms with Crippen molar-refractivity contribution in [1.29, 1.82) is 0 Å². The van der Waals surface area contributed by atoms with E-state index in [-0.39, 0.29) is 11.3 Å². The summed E-state index contributed by atoms with van der Waals surface area (Å²) in [5.41, 5.74) is 0.609. The molecule has 0 unspecified atom stereocenters. The number of nitrogens with one attached hydrogen (secondary N) is 1. The van der Waals surface area contributed by atoms with E-state index in [0.29, 0.717) is 31.1 Å². The van der Waals surface area contributed by atoms with E-state index in [9.17, 15) is 4.79 Å². The van der Waals surface area contributed by atoms with Gasteiger partial charge in [-0.05, 0) is 50.6 Å². The van der Waals surface area contributed by atoms with Crippen LogP contribution in [0.5, 0.6) is 11.5 Å². The standard InChI is InChI=1S/C24H42N2O3/c1-7-9-11-15-28-21-14-13-20(17-22(21)29-16-12-10-8-2)23(27)25-18-24(3,4)19-26(5)6/h13-14,17H,7-12,15-16,18-19H2,1-6H3,(H,25,27). The Hall–Kier alpha value is -1.75. The van der Waals surface area contributed by atoms with Crippen molar-refractivity contribution in [2.75, 3.05) is 40.4 Å². The molecule has 5 nitrogen and oxygen atoms in total. The molecule has 5 heteroatoms. The monoisotopic (exact) mass is 406 g/mol. The fraction of sp³-hybridized carbons (Fsp3) is 0.708. The minimum Gasteiger partial charge on any atom is -0.490 e. The van der Waals surface area contributed by atoms with Gasteiger partial charge in [-0.1, -0.05) is 53.4 Å². The number of carbonyl (C=O) groups excluding carboxylic acids is 1. The van der Waals surface area contributed by atoms with Gasteiger partial charge in [-0.3, -0.25) is 4.79 Å². The number of ether oxygens (including phenoxy) is 2. The normalized spacial score (nSPS) is 11.6. The van der Waals surface area contributed by atoms with Crippen molar-refractivity contribution in [1.82, 2.24) is 10.2 Å². The lowest BCUT2D eigenvalue weighted by Crippen LogP contribution is -2.39. The Labute approximate surface area is 178 Å². The summed E-state index contributed by atoms with van der Waals surface area (Å²) in [6, 6.07) is 5.50. The highest BCUT2D eigenvalue weighted by molar-refractivity contribution is 5.94. The van der Waals surface area contributed by atoms with E-state index in [1.54, 1.807) is 0 Å². The van der Waals surface area contributed by atoms with Crippen LogP contribution in [0, 0.1) is 5.41 Å². The predicted molar refractivity (Wildman–Crippen MR) is 121 cm³/mol. The molecule has 0 saturated carbocycles. The molecule has 0 aliphatic rings. The fourth-order valence-corrected chi connectivity index (χ4v) is 3.28. The molecule has 0 saturated heterocycles. The van der Waals surface area contributed by atoms with Crippen LogP contribution in [0.15, 0.2) is 18.2 Å². The summed E-state index contributed by atoms with van der Waals surface area (Å²) >= 11 is 0. The molecule has 29 heavy (non-hydrogen) atoms. The fourth-order valence-electron chi connectivity index (χ4n) is 3.28. The van der Waals surface area contributed by atoms with Gasteiger partial charge < -0.3 is 19.7 Å². The molecule has 0 spiro atoms. The van der Waals surface area contributed by atoms with Gasteiger partial charge in [0, 0.05) is 18.7 Å². The van der Waals surface area contributed by atoms with Gasteiger partial charge in [0.1, 0.15) is 0 Å². The van der Waals surface area contributed by atoms with E-state index < -0.39 is 0 Å². The van der Waals surface area contributed by atoms with Crippen molar-refractivity contribution < 1.29 is 14.3 Å². The highest BCUT2D eigenvalue weighted by atomic mass is 16.5. The number of benzene rings is 1. The molecule has 0 aliphatic carbocycles. The van der Waals surface area contributed by atoms with Crippen molar-refractivity contribution in [2.45, 2.75) is 66.2 Å². The van der Waals surface area contributed by atoms with E-state index in [1.165, 1.54) is 0 Å². The molecule has 0 aromatic heterocycles. The van der Waals surface area contributed by atoms with Gasteiger partial charge in [0.2, 0.25) is 0 Å². The zero-order chi connectivity index (χ0) is 21.7. The van der Waals surface area contributed by atoms with Crippen LogP contribution in [0.25, 0.3) is 0 Å². The number of carbonyl (C=O) groups is 1. The van der Waals surface area contributed by atoms with E-state index in [4.69, 9.17) is 9.47 Å². The lowest BCUT2D eigenvalue weighted by Gasteiger charge is -2.28. The van der Waals surface area contributed by atoms with Gasteiger partial charge in [0.25, 0.3) is 5.91 Å². The molecule has 1 amide bonds. The van der Waals surface area contributed by atoms with Crippen molar-refractivity contribution in [3.05, 3.63) is 23.8 Å². The van der Waals surface area contributed by atoms with Crippen LogP contribution in [-0.4, -0.2) is 51.2 Å². The Morgan fingerprint density at radius 1 is 0.966 bits per heavy atom. The molecule has 0 aliphatic heterocycles. The van der Waals surface area contributed by atoms with Crippen LogP contribution in [0.1, 0.15) is 76.6 Å². The summed E-state index contributed by atoms with van der Waals surface area (Å²) in [6.07, 6.45) is 6.61. The first-order valence-electron chi connectivity index (χ1n) is 11.1. The lowest BCUT2D eigenvalue weighted by atomic mass is 9.93. The Morgan fingerprint density at radius 2 is 1.55 bits per heavy atom. The highest BCUT2D eigenvalue weighted by Gasteiger charge is 2.20. The average molecular weight is 407 g/mol. The third kappa shape index (κ3) is 10.6. The summed E-state index contributed by atoms with van der Waals surface area (Å²) in [5, 5.41) is 3.07. The Morgan fingerprint density at radius 3 is 2.10 bits per heavy atom. The van der Waals surface area contributed by atoms with Gasteiger partial charge in [-0.2, -0.15) is 0 Å². The number of amides is 1. The van der Waals surface area contributed by atoms with Gasteiger partial charge in [-0.25, -0.2) is 0 Å². The predicted octanol–water partition coefficient (Wildman–Crippen LogP) is 5.14. The van der Waals surface area contributed by atoms with E-state index in [2.05, 4.69) is 37.9 Å². The molecule has 166 valence electrons. The number of hydrogen-bond acceptors (Lipinski definition) is 4. The van der Waals surface area contributed by atoms with Crippen LogP contribution in [0.3, 0.4) is 0 Å². The van der Waals surface area contributed by atoms with E-state index in [1.807, 2.05) is 32.3 Å². The first kappa shape index (κ1) is 25.3. The smallest absolute Gasteiger partial charge is 0.251 e. The second kappa shape index (κ2) is 13.5. The van der Waals surface area contributed by atoms with E-state index >= 15 is 0 Å². The Bertz CT molecular complexity index is 600. The molecular weight excluding hydrogens is 364 g/mol. The van der Waals surface area contributed by atoms with E-state index in [0.717, 1.165) is 50.8 Å². The Kier molecular flexibility index (Phi) is 11.7. The quantitative estimate of drug-likeness (QED) is 0.410. The molecule has 1 aromatic rings. The average Bonchev–Trinajstić information content (AvgIpc) is 2.66. The van der Waals surface area contributed by atoms with Crippen molar-refractivity contribution >= 4 is 5.91 Å². The zero-order valence-corrected chi connectivity index (χ0v) is 19.5. The van der Waals surface area contributed by atoms with Gasteiger partial charge in [0.15, 0.2) is 11.5 Å². The SMILES string of the molecule is CCCCCOc1ccc(C(=O)NCC(C)(C)CN(C)C)cc1OCCCCC. The van der Waals surface area contributed by atoms with Crippen LogP contribution < -0.4 is 14.8 Å². The molecule has 0 atom stereocenters. The molecule has 0 fully saturated rings. The second-order valence-corrected chi connectivity index (χ2v) is 8.86. The molecular formula is C24H42N2O3. The van der Waals surface area contributed by atoms with Crippen LogP contribution in [0.4, 0.5) is 0 Å². The number of unbranched alkanes of at least 4 members (excludes halogenated alkanes) is 4. The Balaban J connectivity index is 2.78. The molecule has 0 bridgehead atoms. The minimum absolute atomic E-state index is 0.000964. The number of nitrogens with zero attached hydrogens (tertiary/aromatic N) is 1. The van der Waals surface area contributed by atoms with Crippen molar-refractivity contribution in [3.8, 4) is 11.5 Å². The number of hydrogen-bond donors (Lipinski definition) is 1. The molecule has 0 heterocycles. The highest BCUT2D eigenvalue weighted by Crippen LogP contribution is 2.29. The molecule has 1 aromatic carbocycles. The second-order valence-electron chi connectivity index (χ2n) is 8.86. The largest absolute Gasteiger partial charge is 0.490 e. The summed E-state index contributed by atoms with van der Waals surface area (Å²) in [7, 11) is 4.09. The van der Waals surface area contributed by atoms with Gasteiger partial charge in [-0.15, -0.1) is 0 Å². The maximum atomic E-state index is 12.7. The third-order valence-electron chi connectivity index (χ3n) is 4.69. The van der Waals surface area contributed by atoms with Crippen LogP contribution in [-0.2, 0) is 0 Å². The third-order valence-corrected chi connectivity index (χ3v) is 4.69. The first-order chi connectivity index (χ1) is 13.8.